The van der Waals surface area contributed by atoms with Gasteiger partial charge in [0.25, 0.3) is 0 Å². The number of rotatable bonds is 8. The van der Waals surface area contributed by atoms with Crippen molar-refractivity contribution in [3.8, 4) is 16.9 Å². The third-order valence-corrected chi connectivity index (χ3v) is 4.68. The van der Waals surface area contributed by atoms with Crippen LogP contribution in [0.1, 0.15) is 12.0 Å². The normalized spacial score (nSPS) is 10.8. The molecule has 148 valence electrons. The molecule has 0 spiro atoms. The van der Waals surface area contributed by atoms with Crippen LogP contribution in [0.5, 0.6) is 0 Å². The van der Waals surface area contributed by atoms with Crippen molar-refractivity contribution in [3.05, 3.63) is 72.6 Å². The number of hydrogen-bond acceptors (Lipinski definition) is 5. The third-order valence-electron chi connectivity index (χ3n) is 4.68. The number of H-pyrrole nitrogens is 1. The second-order valence-electron chi connectivity index (χ2n) is 6.82. The van der Waals surface area contributed by atoms with E-state index in [1.54, 1.807) is 6.20 Å². The number of hydrogen-bond donors (Lipinski definition) is 4. The van der Waals surface area contributed by atoms with E-state index in [4.69, 9.17) is 5.11 Å². The Kier molecular flexibility index (Phi) is 5.58. The molecule has 0 saturated carbocycles. The third kappa shape index (κ3) is 4.47. The van der Waals surface area contributed by atoms with Gasteiger partial charge in [0.05, 0.1) is 11.4 Å². The minimum absolute atomic E-state index is 0.194. The Bertz CT molecular complexity index is 1050. The van der Waals surface area contributed by atoms with Gasteiger partial charge in [-0.3, -0.25) is 5.10 Å². The summed E-state index contributed by atoms with van der Waals surface area (Å²) in [5, 5.41) is 27.3. The lowest BCUT2D eigenvalue weighted by Gasteiger charge is -2.10. The van der Waals surface area contributed by atoms with Gasteiger partial charge in [0.2, 0.25) is 0 Å². The van der Waals surface area contributed by atoms with Crippen LogP contribution in [0.25, 0.3) is 16.9 Å². The molecule has 7 nitrogen and oxygen atoms in total. The van der Waals surface area contributed by atoms with E-state index in [1.165, 1.54) is 0 Å². The summed E-state index contributed by atoms with van der Waals surface area (Å²) in [7, 11) is 0. The first-order valence-corrected chi connectivity index (χ1v) is 9.61. The molecule has 0 aliphatic heterocycles. The molecule has 2 aromatic carbocycles. The molecule has 0 bridgehead atoms. The van der Waals surface area contributed by atoms with Crippen LogP contribution < -0.4 is 10.6 Å². The Morgan fingerprint density at radius 2 is 1.97 bits per heavy atom. The first-order chi connectivity index (χ1) is 14.2. The Morgan fingerprint density at radius 1 is 1.10 bits per heavy atom. The van der Waals surface area contributed by atoms with Crippen LogP contribution in [0.3, 0.4) is 0 Å². The number of aryl methyl sites for hydroxylation is 1. The van der Waals surface area contributed by atoms with Gasteiger partial charge in [0.1, 0.15) is 0 Å². The molecule has 4 N–H and O–H groups in total. The molecule has 0 fully saturated rings. The predicted molar refractivity (Wildman–Crippen MR) is 116 cm³/mol. The molecule has 0 aliphatic rings. The van der Waals surface area contributed by atoms with E-state index < -0.39 is 0 Å². The van der Waals surface area contributed by atoms with Crippen LogP contribution in [-0.4, -0.2) is 38.2 Å². The van der Waals surface area contributed by atoms with Crippen LogP contribution >= 0.6 is 0 Å². The highest BCUT2D eigenvalue weighted by molar-refractivity contribution is 5.69. The Labute approximate surface area is 169 Å². The molecular weight excluding hydrogens is 364 g/mol. The number of aliphatic hydroxyl groups excluding tert-OH is 1. The summed E-state index contributed by atoms with van der Waals surface area (Å²) in [5.41, 5.74) is 6.18. The zero-order chi connectivity index (χ0) is 20.1. The van der Waals surface area contributed by atoms with Gasteiger partial charge in [-0.05, 0) is 60.9 Å². The lowest BCUT2D eigenvalue weighted by molar-refractivity contribution is 0.292. The summed E-state index contributed by atoms with van der Waals surface area (Å²) in [6, 6.07) is 18.2. The van der Waals surface area contributed by atoms with Crippen molar-refractivity contribution in [2.24, 2.45) is 0 Å². The first kappa shape index (κ1) is 18.8. The molecule has 4 rings (SSSR count). The number of anilines is 3. The Morgan fingerprint density at radius 3 is 2.69 bits per heavy atom. The minimum atomic E-state index is 0.194. The number of aliphatic hydroxyl groups is 1. The number of nitrogens with one attached hydrogen (secondary N) is 3. The summed E-state index contributed by atoms with van der Waals surface area (Å²) in [5.74, 6) is 0.764. The fraction of sp³-hybridized carbons (Fsp3) is 0.182. The van der Waals surface area contributed by atoms with Crippen molar-refractivity contribution < 1.29 is 5.11 Å². The quantitative estimate of drug-likeness (QED) is 0.341. The number of aromatic amines is 1. The first-order valence-electron chi connectivity index (χ1n) is 9.61. The maximum absolute atomic E-state index is 8.88. The zero-order valence-electron chi connectivity index (χ0n) is 16.3. The van der Waals surface area contributed by atoms with E-state index in [0.717, 1.165) is 52.7 Å². The molecule has 4 aromatic rings. The predicted octanol–water partition coefficient (Wildman–Crippen LogP) is 4.11. The van der Waals surface area contributed by atoms with Crippen LogP contribution in [0, 0.1) is 6.92 Å². The van der Waals surface area contributed by atoms with Crippen molar-refractivity contribution in [3.63, 3.8) is 0 Å². The van der Waals surface area contributed by atoms with E-state index in [9.17, 15) is 0 Å². The molecule has 2 heterocycles. The van der Waals surface area contributed by atoms with E-state index in [0.29, 0.717) is 0 Å². The number of benzene rings is 2. The number of nitrogens with zero attached hydrogens (tertiary/aromatic N) is 3. The lowest BCUT2D eigenvalue weighted by atomic mass is 10.1. The van der Waals surface area contributed by atoms with Crippen molar-refractivity contribution >= 4 is 17.2 Å². The smallest absolute Gasteiger partial charge is 0.152 e. The topological polar surface area (TPSA) is 90.8 Å². The molecular formula is C22H24N6O. The van der Waals surface area contributed by atoms with Crippen LogP contribution in [0.4, 0.5) is 17.2 Å². The number of aromatic nitrogens is 4. The van der Waals surface area contributed by atoms with E-state index >= 15 is 0 Å². The van der Waals surface area contributed by atoms with E-state index in [2.05, 4.69) is 38.9 Å². The highest BCUT2D eigenvalue weighted by Gasteiger charge is 2.07. The van der Waals surface area contributed by atoms with Crippen LogP contribution in [-0.2, 0) is 0 Å². The van der Waals surface area contributed by atoms with Crippen LogP contribution in [0.2, 0.25) is 0 Å². The summed E-state index contributed by atoms with van der Waals surface area (Å²) in [6.45, 7) is 3.00. The maximum atomic E-state index is 8.88. The minimum Gasteiger partial charge on any atom is -0.396 e. The maximum Gasteiger partial charge on any atom is 0.152 e. The van der Waals surface area contributed by atoms with Crippen molar-refractivity contribution in [1.29, 1.82) is 0 Å². The summed E-state index contributed by atoms with van der Waals surface area (Å²) in [6.07, 6.45) is 4.42. The molecule has 2 aromatic heterocycles. The fourth-order valence-electron chi connectivity index (χ4n) is 3.11. The highest BCUT2D eigenvalue weighted by Crippen LogP contribution is 2.26. The van der Waals surface area contributed by atoms with Gasteiger partial charge in [-0.2, -0.15) is 10.2 Å². The second-order valence-corrected chi connectivity index (χ2v) is 6.82. The average Bonchev–Trinajstić information content (AvgIpc) is 3.43. The summed E-state index contributed by atoms with van der Waals surface area (Å²) >= 11 is 0. The molecule has 0 aliphatic carbocycles. The van der Waals surface area contributed by atoms with Gasteiger partial charge < -0.3 is 15.7 Å². The average molecular weight is 388 g/mol. The standard InChI is InChI=1S/C22H24N6O/c1-16-14-18(23-10-3-13-29)6-9-20(16)25-22-15-21(26-27-22)17-4-7-19(8-5-17)28-12-2-11-24-28/h2,4-9,11-12,14-15,23,29H,3,10,13H2,1H3,(H2,25,26,27). The van der Waals surface area contributed by atoms with Crippen LogP contribution in [0.15, 0.2) is 67.0 Å². The molecule has 29 heavy (non-hydrogen) atoms. The molecule has 7 heteroatoms. The van der Waals surface area contributed by atoms with E-state index in [-0.39, 0.29) is 6.61 Å². The van der Waals surface area contributed by atoms with Crippen molar-refractivity contribution in [1.82, 2.24) is 20.0 Å². The van der Waals surface area contributed by atoms with Gasteiger partial charge >= 0.3 is 0 Å². The SMILES string of the molecule is Cc1cc(NCCCO)ccc1Nc1cc(-c2ccc(-n3cccn3)cc2)[nH]n1. The van der Waals surface area contributed by atoms with Gasteiger partial charge in [-0.15, -0.1) is 0 Å². The second kappa shape index (κ2) is 8.62. The highest BCUT2D eigenvalue weighted by atomic mass is 16.3. The van der Waals surface area contributed by atoms with Crippen molar-refractivity contribution in [2.45, 2.75) is 13.3 Å². The molecule has 0 radical (unpaired) electrons. The van der Waals surface area contributed by atoms with Gasteiger partial charge in [0.15, 0.2) is 5.82 Å². The van der Waals surface area contributed by atoms with Gasteiger partial charge in [-0.25, -0.2) is 4.68 Å². The molecule has 0 amide bonds. The lowest BCUT2D eigenvalue weighted by Crippen LogP contribution is -2.04. The monoisotopic (exact) mass is 388 g/mol. The van der Waals surface area contributed by atoms with Crippen molar-refractivity contribution in [2.75, 3.05) is 23.8 Å². The molecule has 0 saturated heterocycles. The summed E-state index contributed by atoms with van der Waals surface area (Å²) in [4.78, 5) is 0. The molecule has 0 unspecified atom stereocenters. The van der Waals surface area contributed by atoms with Gasteiger partial charge in [-0.1, -0.05) is 12.1 Å². The molecule has 0 atom stereocenters. The Hall–Kier alpha value is -3.58. The van der Waals surface area contributed by atoms with Gasteiger partial charge in [0, 0.05) is 43.0 Å². The summed E-state index contributed by atoms with van der Waals surface area (Å²) < 4.78 is 1.83. The largest absolute Gasteiger partial charge is 0.396 e. The fourth-order valence-corrected chi connectivity index (χ4v) is 3.11. The Balaban J connectivity index is 1.44. The van der Waals surface area contributed by atoms with E-state index in [1.807, 2.05) is 59.4 Å². The zero-order valence-corrected chi connectivity index (χ0v) is 16.3.